The zero-order valence-corrected chi connectivity index (χ0v) is 14.0. The van der Waals surface area contributed by atoms with Crippen LogP contribution in [-0.2, 0) is 14.9 Å². The van der Waals surface area contributed by atoms with E-state index in [1.165, 1.54) is 11.3 Å². The third-order valence-corrected chi connectivity index (χ3v) is 4.14. The topological polar surface area (TPSA) is 69.4 Å². The molecule has 1 atom stereocenters. The van der Waals surface area contributed by atoms with Gasteiger partial charge in [0.1, 0.15) is 10.9 Å². The number of ether oxygens (including phenoxy) is 1. The van der Waals surface area contributed by atoms with Crippen molar-refractivity contribution in [2.75, 3.05) is 6.61 Å². The number of nitrogens with zero attached hydrogens (tertiary/aromatic N) is 4. The van der Waals surface area contributed by atoms with Crippen LogP contribution in [0.25, 0.3) is 4.96 Å². The molecule has 0 saturated heterocycles. The van der Waals surface area contributed by atoms with Crippen molar-refractivity contribution in [3.05, 3.63) is 10.8 Å². The largest absolute Gasteiger partial charge is 0.465 e. The monoisotopic (exact) mass is 310 g/mol. The average molecular weight is 310 g/mol. The summed E-state index contributed by atoms with van der Waals surface area (Å²) in [6.07, 6.45) is 1.63. The molecule has 7 heteroatoms. The Morgan fingerprint density at radius 1 is 1.33 bits per heavy atom. The molecule has 2 aromatic heterocycles. The Hall–Kier alpha value is -1.50. The molecule has 116 valence electrons. The van der Waals surface area contributed by atoms with Crippen molar-refractivity contribution < 1.29 is 9.53 Å². The Labute approximate surface area is 128 Å². The molecule has 21 heavy (non-hydrogen) atoms. The van der Waals surface area contributed by atoms with Gasteiger partial charge in [0.25, 0.3) is 0 Å². The van der Waals surface area contributed by atoms with E-state index >= 15 is 0 Å². The standard InChI is InChI=1S/C14H22N4O2S/c1-6-8-9(11(19)20-7-2)10-17-18-12(14(3,4)5)15-16-13(18)21-10/h9H,6-8H2,1-5H3. The molecule has 0 spiro atoms. The Kier molecular flexibility index (Phi) is 4.61. The van der Waals surface area contributed by atoms with E-state index in [9.17, 15) is 4.79 Å². The first-order valence-corrected chi connectivity index (χ1v) is 8.09. The molecule has 0 fully saturated rings. The van der Waals surface area contributed by atoms with Crippen molar-refractivity contribution in [1.29, 1.82) is 0 Å². The highest BCUT2D eigenvalue weighted by Gasteiger charge is 2.28. The van der Waals surface area contributed by atoms with Crippen LogP contribution in [0.2, 0.25) is 0 Å². The van der Waals surface area contributed by atoms with Crippen molar-refractivity contribution in [2.24, 2.45) is 0 Å². The first-order chi connectivity index (χ1) is 9.88. The molecule has 2 heterocycles. The van der Waals surface area contributed by atoms with E-state index in [-0.39, 0.29) is 17.3 Å². The SMILES string of the molecule is CCCC(C(=O)OCC)c1nn2c(C(C)(C)C)nnc2s1. The van der Waals surface area contributed by atoms with E-state index in [1.807, 2.05) is 13.8 Å². The lowest BCUT2D eigenvalue weighted by Gasteiger charge is -2.14. The van der Waals surface area contributed by atoms with Gasteiger partial charge in [0, 0.05) is 5.41 Å². The normalized spacial score (nSPS) is 13.6. The summed E-state index contributed by atoms with van der Waals surface area (Å²) in [5.74, 6) is 0.287. The van der Waals surface area contributed by atoms with Crippen LogP contribution >= 0.6 is 11.3 Å². The minimum atomic E-state index is -0.311. The number of fused-ring (bicyclic) bond motifs is 1. The van der Waals surface area contributed by atoms with E-state index in [0.717, 1.165) is 28.6 Å². The predicted molar refractivity (Wildman–Crippen MR) is 81.6 cm³/mol. The summed E-state index contributed by atoms with van der Waals surface area (Å²) < 4.78 is 6.92. The van der Waals surface area contributed by atoms with Crippen LogP contribution in [0.3, 0.4) is 0 Å². The van der Waals surface area contributed by atoms with Gasteiger partial charge in [-0.3, -0.25) is 4.79 Å². The highest BCUT2D eigenvalue weighted by atomic mass is 32.1. The fourth-order valence-electron chi connectivity index (χ4n) is 2.11. The van der Waals surface area contributed by atoms with E-state index in [4.69, 9.17) is 4.74 Å². The molecule has 0 aliphatic carbocycles. The third kappa shape index (κ3) is 3.23. The summed E-state index contributed by atoms with van der Waals surface area (Å²) in [5.41, 5.74) is -0.144. The molecule has 0 aromatic carbocycles. The zero-order valence-electron chi connectivity index (χ0n) is 13.2. The molecular formula is C14H22N4O2S. The van der Waals surface area contributed by atoms with Gasteiger partial charge in [-0.1, -0.05) is 45.5 Å². The van der Waals surface area contributed by atoms with E-state index in [1.54, 1.807) is 4.52 Å². The Balaban J connectivity index is 2.40. The van der Waals surface area contributed by atoms with Gasteiger partial charge in [-0.2, -0.15) is 9.61 Å². The molecule has 2 aromatic rings. The molecule has 0 saturated carbocycles. The highest BCUT2D eigenvalue weighted by Crippen LogP contribution is 2.29. The molecule has 0 aliphatic rings. The molecular weight excluding hydrogens is 288 g/mol. The molecule has 6 nitrogen and oxygen atoms in total. The van der Waals surface area contributed by atoms with Crippen LogP contribution in [0.1, 0.15) is 64.2 Å². The molecule has 0 bridgehead atoms. The summed E-state index contributed by atoms with van der Waals surface area (Å²) >= 11 is 1.41. The maximum absolute atomic E-state index is 12.1. The number of esters is 1. The van der Waals surface area contributed by atoms with Crippen molar-refractivity contribution >= 4 is 22.3 Å². The number of rotatable bonds is 5. The molecule has 0 radical (unpaired) electrons. The van der Waals surface area contributed by atoms with Gasteiger partial charge in [0.15, 0.2) is 5.82 Å². The first kappa shape index (κ1) is 15.9. The Morgan fingerprint density at radius 2 is 2.05 bits per heavy atom. The number of hydrogen-bond acceptors (Lipinski definition) is 6. The summed E-state index contributed by atoms with van der Waals surface area (Å²) in [7, 11) is 0. The summed E-state index contributed by atoms with van der Waals surface area (Å²) in [4.78, 5) is 12.8. The number of carbonyl (C=O) groups excluding carboxylic acids is 1. The molecule has 0 amide bonds. The zero-order chi connectivity index (χ0) is 15.6. The maximum atomic E-state index is 12.1. The van der Waals surface area contributed by atoms with Crippen molar-refractivity contribution in [1.82, 2.24) is 19.8 Å². The van der Waals surface area contributed by atoms with E-state index < -0.39 is 0 Å². The third-order valence-electron chi connectivity index (χ3n) is 3.12. The van der Waals surface area contributed by atoms with Crippen LogP contribution < -0.4 is 0 Å². The fourth-order valence-corrected chi connectivity index (χ4v) is 3.08. The summed E-state index contributed by atoms with van der Waals surface area (Å²) in [6.45, 7) is 10.5. The predicted octanol–water partition coefficient (Wildman–Crippen LogP) is 2.93. The van der Waals surface area contributed by atoms with Crippen molar-refractivity contribution in [3.63, 3.8) is 0 Å². The van der Waals surface area contributed by atoms with Gasteiger partial charge in [-0.25, -0.2) is 0 Å². The second-order valence-electron chi connectivity index (χ2n) is 6.00. The number of carbonyl (C=O) groups is 1. The van der Waals surface area contributed by atoms with E-state index in [2.05, 4.69) is 36.1 Å². The lowest BCUT2D eigenvalue weighted by molar-refractivity contribution is -0.145. The maximum Gasteiger partial charge on any atom is 0.315 e. The van der Waals surface area contributed by atoms with Crippen LogP contribution in [0.4, 0.5) is 0 Å². The molecule has 0 aliphatic heterocycles. The van der Waals surface area contributed by atoms with Crippen LogP contribution in [0.5, 0.6) is 0 Å². The van der Waals surface area contributed by atoms with Gasteiger partial charge < -0.3 is 4.74 Å². The lowest BCUT2D eigenvalue weighted by Crippen LogP contribution is -2.18. The minimum absolute atomic E-state index is 0.144. The molecule has 0 N–H and O–H groups in total. The lowest BCUT2D eigenvalue weighted by atomic mass is 9.96. The number of aromatic nitrogens is 4. The second-order valence-corrected chi connectivity index (χ2v) is 6.99. The number of hydrogen-bond donors (Lipinski definition) is 0. The quantitative estimate of drug-likeness (QED) is 0.794. The average Bonchev–Trinajstić information content (AvgIpc) is 2.94. The minimum Gasteiger partial charge on any atom is -0.465 e. The van der Waals surface area contributed by atoms with Gasteiger partial charge in [0.05, 0.1) is 6.61 Å². The Morgan fingerprint density at radius 3 is 2.62 bits per heavy atom. The summed E-state index contributed by atoms with van der Waals surface area (Å²) in [6, 6.07) is 0. The van der Waals surface area contributed by atoms with Gasteiger partial charge in [0.2, 0.25) is 4.96 Å². The highest BCUT2D eigenvalue weighted by molar-refractivity contribution is 7.16. The smallest absolute Gasteiger partial charge is 0.315 e. The van der Waals surface area contributed by atoms with Crippen LogP contribution in [0, 0.1) is 0 Å². The van der Waals surface area contributed by atoms with E-state index in [0.29, 0.717) is 6.61 Å². The fraction of sp³-hybridized carbons (Fsp3) is 0.714. The van der Waals surface area contributed by atoms with Crippen LogP contribution in [-0.4, -0.2) is 32.4 Å². The first-order valence-electron chi connectivity index (χ1n) is 7.27. The summed E-state index contributed by atoms with van der Waals surface area (Å²) in [5, 5.41) is 13.7. The van der Waals surface area contributed by atoms with Gasteiger partial charge >= 0.3 is 5.97 Å². The van der Waals surface area contributed by atoms with Crippen molar-refractivity contribution in [2.45, 2.75) is 58.8 Å². The Bertz CT molecular complexity index is 626. The second kappa shape index (κ2) is 6.09. The van der Waals surface area contributed by atoms with Gasteiger partial charge in [-0.15, -0.1) is 10.2 Å². The molecule has 1 unspecified atom stereocenters. The van der Waals surface area contributed by atoms with Crippen molar-refractivity contribution in [3.8, 4) is 0 Å². The van der Waals surface area contributed by atoms with Gasteiger partial charge in [-0.05, 0) is 13.3 Å². The molecule has 2 rings (SSSR count). The van der Waals surface area contributed by atoms with Crippen LogP contribution in [0.15, 0.2) is 0 Å².